The van der Waals surface area contributed by atoms with E-state index in [0.29, 0.717) is 0 Å². The van der Waals surface area contributed by atoms with Crippen LogP contribution in [0.1, 0.15) is 6.42 Å². The first-order valence-electron chi connectivity index (χ1n) is 5.14. The summed E-state index contributed by atoms with van der Waals surface area (Å²) in [6, 6.07) is -1.15. The molecule has 106 valence electrons. The smallest absolute Gasteiger partial charge is 0.380 e. The van der Waals surface area contributed by atoms with E-state index in [2.05, 4.69) is 0 Å². The summed E-state index contributed by atoms with van der Waals surface area (Å²) in [7, 11) is 1.24. The number of nitrogens with one attached hydrogen (secondary N) is 1. The molecule has 2 nitrogen and oxygen atoms in total. The van der Waals surface area contributed by atoms with E-state index in [1.807, 2.05) is 0 Å². The van der Waals surface area contributed by atoms with E-state index in [9.17, 15) is 26.3 Å². The lowest BCUT2D eigenvalue weighted by molar-refractivity contribution is -0.321. The monoisotopic (exact) mass is 297 g/mol. The maximum Gasteiger partial charge on any atom is 0.415 e. The Hall–Kier alpha value is -0.210. The van der Waals surface area contributed by atoms with Crippen LogP contribution in [0.25, 0.3) is 0 Å². The fraction of sp³-hybridized carbons (Fsp3) is 1.00. The Morgan fingerprint density at radius 3 is 1.94 bits per heavy atom. The Bertz CT molecular complexity index is 329. The Balaban J connectivity index is 2.44. The molecule has 1 heterocycles. The van der Waals surface area contributed by atoms with Crippen LogP contribution in [0.5, 0.6) is 0 Å². The fourth-order valence-corrected chi connectivity index (χ4v) is 3.45. The molecule has 0 radical (unpaired) electrons. The first-order chi connectivity index (χ1) is 8.06. The van der Waals surface area contributed by atoms with Crippen LogP contribution >= 0.6 is 11.6 Å². The zero-order valence-corrected chi connectivity index (χ0v) is 9.83. The summed E-state index contributed by atoms with van der Waals surface area (Å²) in [4.78, 5) is 0. The van der Waals surface area contributed by atoms with Crippen molar-refractivity contribution in [1.29, 1.82) is 0 Å². The molecule has 0 aromatic carbocycles. The molecule has 2 aliphatic rings. The number of fused-ring (bicyclic) bond motifs is 2. The number of rotatable bonds is 1. The Kier molecular flexibility index (Phi) is 3.07. The summed E-state index contributed by atoms with van der Waals surface area (Å²) in [5, 5.41) is 0.376. The average Bonchev–Trinajstić information content (AvgIpc) is 2.67. The quantitative estimate of drug-likeness (QED) is 0.593. The summed E-state index contributed by atoms with van der Waals surface area (Å²) in [6.07, 6.45) is -12.0. The highest BCUT2D eigenvalue weighted by Gasteiger charge is 2.81. The van der Waals surface area contributed by atoms with Gasteiger partial charge in [0.2, 0.25) is 5.54 Å². The van der Waals surface area contributed by atoms with Crippen molar-refractivity contribution < 1.29 is 31.1 Å². The molecule has 9 heteroatoms. The molecule has 4 atom stereocenters. The van der Waals surface area contributed by atoms with Crippen molar-refractivity contribution in [2.24, 2.45) is 5.92 Å². The largest absolute Gasteiger partial charge is 0.415 e. The molecule has 1 aliphatic heterocycles. The molecule has 2 bridgehead atoms. The number of hydrogen-bond acceptors (Lipinski definition) is 2. The van der Waals surface area contributed by atoms with Gasteiger partial charge < -0.3 is 4.74 Å². The molecule has 0 aromatic rings. The second-order valence-electron chi connectivity index (χ2n) is 4.53. The van der Waals surface area contributed by atoms with Gasteiger partial charge >= 0.3 is 12.4 Å². The molecule has 0 spiro atoms. The van der Waals surface area contributed by atoms with Crippen molar-refractivity contribution in [2.45, 2.75) is 41.8 Å². The van der Waals surface area contributed by atoms with Crippen LogP contribution in [0, 0.1) is 5.92 Å². The highest BCUT2D eigenvalue weighted by molar-refractivity contribution is 6.22. The number of hydrogen-bond donors (Lipinski definition) is 1. The van der Waals surface area contributed by atoms with Gasteiger partial charge in [0.15, 0.2) is 0 Å². The fourth-order valence-electron chi connectivity index (χ4n) is 2.93. The first kappa shape index (κ1) is 14.2. The topological polar surface area (TPSA) is 21.3 Å². The molecule has 0 unspecified atom stereocenters. The van der Waals surface area contributed by atoms with Crippen molar-refractivity contribution in [3.8, 4) is 0 Å². The molecule has 2 rings (SSSR count). The van der Waals surface area contributed by atoms with Crippen molar-refractivity contribution in [1.82, 2.24) is 5.32 Å². The number of alkyl halides is 7. The molecule has 1 aliphatic carbocycles. The van der Waals surface area contributed by atoms with Crippen molar-refractivity contribution in [3.05, 3.63) is 0 Å². The van der Waals surface area contributed by atoms with Crippen LogP contribution in [-0.4, -0.2) is 42.5 Å². The molecule has 1 N–H and O–H groups in total. The van der Waals surface area contributed by atoms with Gasteiger partial charge in [0, 0.05) is 13.0 Å². The van der Waals surface area contributed by atoms with E-state index in [1.54, 1.807) is 5.32 Å². The maximum atomic E-state index is 12.9. The predicted octanol–water partition coefficient (Wildman–Crippen LogP) is 2.46. The molecular weight excluding hydrogens is 288 g/mol. The van der Waals surface area contributed by atoms with E-state index in [0.717, 1.165) is 0 Å². The number of halogens is 7. The minimum absolute atomic E-state index is 0.360. The van der Waals surface area contributed by atoms with Crippen LogP contribution in [0.3, 0.4) is 0 Å². The van der Waals surface area contributed by atoms with Crippen LogP contribution in [0.4, 0.5) is 26.3 Å². The summed E-state index contributed by atoms with van der Waals surface area (Å²) in [5.74, 6) is -1.77. The van der Waals surface area contributed by atoms with Gasteiger partial charge in [-0.1, -0.05) is 0 Å². The van der Waals surface area contributed by atoms with Crippen LogP contribution in [0.15, 0.2) is 0 Å². The summed E-state index contributed by atoms with van der Waals surface area (Å²) in [6.45, 7) is 0. The third-order valence-corrected chi connectivity index (χ3v) is 4.34. The van der Waals surface area contributed by atoms with E-state index in [4.69, 9.17) is 16.3 Å². The lowest BCUT2D eigenvalue weighted by atomic mass is 9.82. The van der Waals surface area contributed by atoms with Crippen molar-refractivity contribution >= 4 is 11.6 Å². The van der Waals surface area contributed by atoms with E-state index < -0.39 is 41.3 Å². The minimum atomic E-state index is -5.45. The lowest BCUT2D eigenvalue weighted by Gasteiger charge is -2.42. The molecule has 0 aromatic heterocycles. The van der Waals surface area contributed by atoms with Gasteiger partial charge in [-0.05, 0) is 6.42 Å². The van der Waals surface area contributed by atoms with Gasteiger partial charge in [0.25, 0.3) is 0 Å². The standard InChI is InChI=1S/C9H10ClF6NO/c1-18-4-2-3-5(10)6(4)17-7(3,8(11,12)13)9(14,15)16/h3-6,17H,2H2,1H3/t3-,4+,5+,6-/m0/s1. The molecular formula is C9H10ClF6NO. The van der Waals surface area contributed by atoms with Gasteiger partial charge in [-0.3, -0.25) is 5.32 Å². The van der Waals surface area contributed by atoms with Crippen LogP contribution < -0.4 is 5.32 Å². The van der Waals surface area contributed by atoms with E-state index >= 15 is 0 Å². The second-order valence-corrected chi connectivity index (χ2v) is 5.04. The average molecular weight is 298 g/mol. The molecule has 1 saturated heterocycles. The van der Waals surface area contributed by atoms with Crippen LogP contribution in [0.2, 0.25) is 0 Å². The Morgan fingerprint density at radius 1 is 1.17 bits per heavy atom. The zero-order chi connectivity index (χ0) is 13.9. The summed E-state index contributed by atoms with van der Waals surface area (Å²) >= 11 is 5.70. The highest BCUT2D eigenvalue weighted by atomic mass is 35.5. The van der Waals surface area contributed by atoms with Gasteiger partial charge in [0.1, 0.15) is 0 Å². The zero-order valence-electron chi connectivity index (χ0n) is 9.07. The van der Waals surface area contributed by atoms with Gasteiger partial charge in [0.05, 0.1) is 17.5 Å². The van der Waals surface area contributed by atoms with E-state index in [-0.39, 0.29) is 6.42 Å². The number of ether oxygens (including phenoxy) is 1. The molecule has 2 fully saturated rings. The normalized spacial score (nSPS) is 39.3. The lowest BCUT2D eigenvalue weighted by Crippen LogP contribution is -2.70. The highest BCUT2D eigenvalue weighted by Crippen LogP contribution is 2.58. The first-order valence-corrected chi connectivity index (χ1v) is 5.58. The predicted molar refractivity (Wildman–Crippen MR) is 50.3 cm³/mol. The second kappa shape index (κ2) is 3.89. The Labute approximate surface area is 104 Å². The third-order valence-electron chi connectivity index (χ3n) is 3.76. The Morgan fingerprint density at radius 2 is 1.67 bits per heavy atom. The third kappa shape index (κ3) is 1.58. The van der Waals surface area contributed by atoms with Crippen molar-refractivity contribution in [2.75, 3.05) is 7.11 Å². The van der Waals surface area contributed by atoms with Gasteiger partial charge in [-0.15, -0.1) is 11.6 Å². The van der Waals surface area contributed by atoms with Crippen LogP contribution in [-0.2, 0) is 4.74 Å². The van der Waals surface area contributed by atoms with Gasteiger partial charge in [-0.25, -0.2) is 0 Å². The minimum Gasteiger partial charge on any atom is -0.380 e. The SMILES string of the molecule is CO[C@@H]1C[C@H]2[C@@H](Cl)[C@H]1NC2(C(F)(F)F)C(F)(F)F. The van der Waals surface area contributed by atoms with Gasteiger partial charge in [-0.2, -0.15) is 26.3 Å². The number of methoxy groups -OCH3 is 1. The molecule has 1 saturated carbocycles. The number of piperidine rings is 1. The maximum absolute atomic E-state index is 12.9. The molecule has 0 amide bonds. The summed E-state index contributed by atoms with van der Waals surface area (Å²) in [5.41, 5.74) is -3.92. The summed E-state index contributed by atoms with van der Waals surface area (Å²) < 4.78 is 82.2. The molecule has 18 heavy (non-hydrogen) atoms. The van der Waals surface area contributed by atoms with E-state index in [1.165, 1.54) is 7.11 Å². The van der Waals surface area contributed by atoms with Crippen molar-refractivity contribution in [3.63, 3.8) is 0 Å².